The van der Waals surface area contributed by atoms with E-state index in [1.54, 1.807) is 16.2 Å². The lowest BCUT2D eigenvalue weighted by atomic mass is 9.98. The summed E-state index contributed by atoms with van der Waals surface area (Å²) < 4.78 is 25.0. The van der Waals surface area contributed by atoms with Crippen LogP contribution in [-0.2, 0) is 4.74 Å². The lowest BCUT2D eigenvalue weighted by Gasteiger charge is -2.32. The fourth-order valence-corrected chi connectivity index (χ4v) is 4.48. The Morgan fingerprint density at radius 3 is 2.59 bits per heavy atom. The summed E-state index contributed by atoms with van der Waals surface area (Å²) in [5.41, 5.74) is 2.60. The van der Waals surface area contributed by atoms with Crippen LogP contribution >= 0.6 is 11.3 Å². The number of carbonyl (C=O) groups excluding carboxylic acids is 1. The molecule has 1 fully saturated rings. The van der Waals surface area contributed by atoms with Gasteiger partial charge < -0.3 is 14.4 Å². The molecular weight excluding hydrogens is 435 g/mol. The molecule has 1 amide bonds. The van der Waals surface area contributed by atoms with Crippen molar-refractivity contribution >= 4 is 23.8 Å². The number of hydrogen-bond acceptors (Lipinski definition) is 9. The number of thiazole rings is 1. The largest absolute Gasteiger partial charge is 0.463 e. The maximum Gasteiger partial charge on any atom is 0.410 e. The highest BCUT2D eigenvalue weighted by molar-refractivity contribution is 7.09. The standard InChI is InChI=1S/C21H27FN6O3S/c1-21(2,3)31-20(29)26-11-9-15(10-12-26)18-24-17(13-32-18)19(27-14-23-28(22)25-27)30-16-7-5-4-6-8-16/h4-8,13-15,19,25H,9-12H2,1-3H3. The number of hydrazine groups is 2. The number of piperidine rings is 1. The fourth-order valence-electron chi connectivity index (χ4n) is 3.49. The van der Waals surface area contributed by atoms with Crippen molar-refractivity contribution < 1.29 is 18.7 Å². The number of ether oxygens (including phenoxy) is 2. The van der Waals surface area contributed by atoms with Gasteiger partial charge >= 0.3 is 6.09 Å². The van der Waals surface area contributed by atoms with Gasteiger partial charge in [-0.05, 0) is 51.1 Å². The molecular formula is C21H27FN6O3S. The van der Waals surface area contributed by atoms with E-state index in [0.29, 0.717) is 24.5 Å². The van der Waals surface area contributed by atoms with Crippen LogP contribution in [0.15, 0.2) is 40.8 Å². The first-order valence-electron chi connectivity index (χ1n) is 10.5. The number of hydrogen-bond donors (Lipinski definition) is 1. The lowest BCUT2D eigenvalue weighted by molar-refractivity contribution is -0.0998. The second kappa shape index (κ2) is 9.29. The monoisotopic (exact) mass is 462 g/mol. The van der Waals surface area contributed by atoms with E-state index in [4.69, 9.17) is 14.5 Å². The maximum absolute atomic E-state index is 13.5. The minimum Gasteiger partial charge on any atom is -0.463 e. The third-order valence-corrected chi connectivity index (χ3v) is 6.03. The number of carbonyl (C=O) groups is 1. The molecule has 32 heavy (non-hydrogen) atoms. The van der Waals surface area contributed by atoms with Crippen molar-refractivity contribution in [1.82, 2.24) is 25.8 Å². The van der Waals surface area contributed by atoms with Crippen LogP contribution in [0.4, 0.5) is 9.28 Å². The molecule has 1 aromatic heterocycles. The number of hydrazone groups is 1. The van der Waals surface area contributed by atoms with Crippen molar-refractivity contribution in [3.63, 3.8) is 0 Å². The van der Waals surface area contributed by atoms with Crippen LogP contribution in [-0.4, -0.2) is 51.4 Å². The molecule has 0 saturated carbocycles. The molecule has 2 aliphatic rings. The molecule has 9 nitrogen and oxygen atoms in total. The Bertz CT molecular complexity index is 943. The summed E-state index contributed by atoms with van der Waals surface area (Å²) in [6, 6.07) is 9.28. The molecule has 1 unspecified atom stereocenters. The van der Waals surface area contributed by atoms with E-state index in [0.717, 1.165) is 17.8 Å². The molecule has 1 atom stereocenters. The fraction of sp³-hybridized carbons (Fsp3) is 0.476. The van der Waals surface area contributed by atoms with Gasteiger partial charge in [-0.25, -0.2) is 14.8 Å². The number of rotatable bonds is 5. The smallest absolute Gasteiger partial charge is 0.410 e. The van der Waals surface area contributed by atoms with E-state index in [9.17, 15) is 9.28 Å². The van der Waals surface area contributed by atoms with Crippen molar-refractivity contribution in [2.24, 2.45) is 5.10 Å². The molecule has 0 spiro atoms. The molecule has 1 aromatic carbocycles. The molecule has 2 aromatic rings. The zero-order valence-electron chi connectivity index (χ0n) is 18.3. The Morgan fingerprint density at radius 1 is 1.25 bits per heavy atom. The molecule has 172 valence electrons. The summed E-state index contributed by atoms with van der Waals surface area (Å²) in [4.78, 5) is 18.9. The SMILES string of the molecule is CC(C)(C)OC(=O)N1CCC(c2nc(C(Oc3ccccc3)N3C=NN(F)N3)cs2)CC1. The molecule has 0 bridgehead atoms. The summed E-state index contributed by atoms with van der Waals surface area (Å²) >= 11 is 1.54. The van der Waals surface area contributed by atoms with Crippen molar-refractivity contribution in [3.8, 4) is 5.75 Å². The molecule has 3 heterocycles. The van der Waals surface area contributed by atoms with Crippen molar-refractivity contribution in [1.29, 1.82) is 0 Å². The van der Waals surface area contributed by atoms with Crippen LogP contribution < -0.4 is 10.3 Å². The summed E-state index contributed by atoms with van der Waals surface area (Å²) in [5, 5.41) is 7.97. The van der Waals surface area contributed by atoms with E-state index < -0.39 is 11.8 Å². The van der Waals surface area contributed by atoms with Gasteiger partial charge in [-0.2, -0.15) is 0 Å². The average molecular weight is 463 g/mol. The first-order valence-corrected chi connectivity index (χ1v) is 11.4. The summed E-state index contributed by atoms with van der Waals surface area (Å²) in [5.74, 6) is 0.868. The van der Waals surface area contributed by atoms with Crippen LogP contribution in [0.1, 0.15) is 56.5 Å². The third kappa shape index (κ3) is 5.46. The molecule has 4 rings (SSSR count). The number of para-hydroxylation sites is 1. The van der Waals surface area contributed by atoms with E-state index in [1.165, 1.54) is 11.3 Å². The van der Waals surface area contributed by atoms with E-state index in [-0.39, 0.29) is 17.4 Å². The van der Waals surface area contributed by atoms with Crippen molar-refractivity contribution in [3.05, 3.63) is 46.4 Å². The highest BCUT2D eigenvalue weighted by Gasteiger charge is 2.32. The normalized spacial score (nSPS) is 18.2. The van der Waals surface area contributed by atoms with Gasteiger partial charge in [0.25, 0.3) is 0 Å². The molecule has 1 N–H and O–H groups in total. The van der Waals surface area contributed by atoms with Crippen molar-refractivity contribution in [2.75, 3.05) is 13.1 Å². The summed E-state index contributed by atoms with van der Waals surface area (Å²) in [6.07, 6.45) is 1.94. The quantitative estimate of drug-likeness (QED) is 0.667. The van der Waals surface area contributed by atoms with Crippen LogP contribution in [0, 0.1) is 0 Å². The van der Waals surface area contributed by atoms with Gasteiger partial charge in [-0.15, -0.1) is 16.4 Å². The van der Waals surface area contributed by atoms with Gasteiger partial charge in [0.2, 0.25) is 6.23 Å². The topological polar surface area (TPSA) is 82.5 Å². The molecule has 0 aliphatic carbocycles. The van der Waals surface area contributed by atoms with Crippen LogP contribution in [0.5, 0.6) is 5.75 Å². The number of likely N-dealkylation sites (tertiary alicyclic amines) is 1. The van der Waals surface area contributed by atoms with Gasteiger partial charge in [-0.1, -0.05) is 28.2 Å². The Kier molecular flexibility index (Phi) is 6.47. The minimum atomic E-state index is -0.700. The predicted octanol–water partition coefficient (Wildman–Crippen LogP) is 4.20. The zero-order chi connectivity index (χ0) is 22.7. The minimum absolute atomic E-state index is 0.112. The highest BCUT2D eigenvalue weighted by atomic mass is 32.1. The molecule has 0 radical (unpaired) electrons. The second-order valence-corrected chi connectivity index (χ2v) is 9.52. The molecule has 11 heteroatoms. The van der Waals surface area contributed by atoms with Gasteiger partial charge in [0.05, 0.1) is 5.01 Å². The van der Waals surface area contributed by atoms with Crippen LogP contribution in [0.2, 0.25) is 0 Å². The number of aromatic nitrogens is 1. The Balaban J connectivity index is 1.43. The second-order valence-electron chi connectivity index (χ2n) is 8.63. The highest BCUT2D eigenvalue weighted by Crippen LogP contribution is 2.34. The number of amides is 1. The van der Waals surface area contributed by atoms with Gasteiger partial charge in [0.1, 0.15) is 23.4 Å². The third-order valence-electron chi connectivity index (χ3n) is 5.01. The Labute approximate surface area is 190 Å². The Morgan fingerprint density at radius 2 is 1.97 bits per heavy atom. The zero-order valence-corrected chi connectivity index (χ0v) is 19.1. The number of benzene rings is 1. The van der Waals surface area contributed by atoms with Crippen LogP contribution in [0.3, 0.4) is 0 Å². The van der Waals surface area contributed by atoms with E-state index >= 15 is 0 Å². The predicted molar refractivity (Wildman–Crippen MR) is 118 cm³/mol. The Hall–Kier alpha value is -2.92. The number of nitrogens with one attached hydrogen (secondary N) is 1. The van der Waals surface area contributed by atoms with Gasteiger partial charge in [-0.3, -0.25) is 0 Å². The van der Waals surface area contributed by atoms with Gasteiger partial charge in [0.15, 0.2) is 0 Å². The van der Waals surface area contributed by atoms with Gasteiger partial charge in [0, 0.05) is 24.4 Å². The average Bonchev–Trinajstić information content (AvgIpc) is 3.41. The van der Waals surface area contributed by atoms with E-state index in [2.05, 4.69) is 10.6 Å². The number of halogens is 1. The maximum atomic E-state index is 13.5. The summed E-state index contributed by atoms with van der Waals surface area (Å²) in [6.45, 7) is 6.84. The lowest BCUT2D eigenvalue weighted by Crippen LogP contribution is -2.42. The first-order chi connectivity index (χ1) is 15.3. The first kappa shape index (κ1) is 22.3. The number of nitrogens with zero attached hydrogens (tertiary/aromatic N) is 5. The molecule has 2 aliphatic heterocycles. The van der Waals surface area contributed by atoms with Crippen molar-refractivity contribution in [2.45, 2.75) is 51.4 Å². The van der Waals surface area contributed by atoms with Crippen LogP contribution in [0.25, 0.3) is 0 Å². The van der Waals surface area contributed by atoms with E-state index in [1.807, 2.05) is 56.5 Å². The molecule has 1 saturated heterocycles. The summed E-state index contributed by atoms with van der Waals surface area (Å²) in [7, 11) is 0.